The van der Waals surface area contributed by atoms with Gasteiger partial charge in [-0.25, -0.2) is 0 Å². The van der Waals surface area contributed by atoms with Gasteiger partial charge >= 0.3 is 0 Å². The van der Waals surface area contributed by atoms with Crippen LogP contribution in [0, 0.1) is 0 Å². The van der Waals surface area contributed by atoms with E-state index in [4.69, 9.17) is 0 Å². The van der Waals surface area contributed by atoms with Crippen LogP contribution in [-0.2, 0) is 0 Å². The van der Waals surface area contributed by atoms with Gasteiger partial charge in [-0.3, -0.25) is 0 Å². The quantitative estimate of drug-likeness (QED) is 0.607. The zero-order chi connectivity index (χ0) is 11.0. The minimum atomic E-state index is -0.908. The van der Waals surface area contributed by atoms with Crippen molar-refractivity contribution in [2.75, 3.05) is 0 Å². The van der Waals surface area contributed by atoms with Gasteiger partial charge in [-0.05, 0) is 12.8 Å². The Labute approximate surface area is 90.9 Å². The summed E-state index contributed by atoms with van der Waals surface area (Å²) in [6, 6.07) is 5.68. The maximum Gasteiger partial charge on any atom is 0.0537 e. The smallest absolute Gasteiger partial charge is 0.0537 e. The molecule has 0 amide bonds. The Morgan fingerprint density at radius 2 is 1.50 bits per heavy atom. The van der Waals surface area contributed by atoms with E-state index in [1.165, 1.54) is 30.6 Å². The first-order valence-electron chi connectivity index (χ1n) is 6.32. The van der Waals surface area contributed by atoms with Crippen molar-refractivity contribution >= 4 is 8.07 Å². The first kappa shape index (κ1) is 14.2. The largest absolute Gasteiger partial charge is 0.393 e. The Bertz CT molecular complexity index is 124. The van der Waals surface area contributed by atoms with Gasteiger partial charge in [-0.2, -0.15) is 0 Å². The fourth-order valence-electron chi connectivity index (χ4n) is 2.20. The molecule has 86 valence electrons. The predicted octanol–water partition coefficient (Wildman–Crippen LogP) is 4.05. The third-order valence-corrected chi connectivity index (χ3v) is 9.88. The average Bonchev–Trinajstić information content (AvgIpc) is 2.25. The maximum atomic E-state index is 9.49. The fourth-order valence-corrected chi connectivity index (χ4v) is 5.71. The van der Waals surface area contributed by atoms with Crippen LogP contribution in [0.2, 0.25) is 24.2 Å². The molecular weight excluding hydrogens is 188 g/mol. The van der Waals surface area contributed by atoms with Crippen LogP contribution in [0.25, 0.3) is 0 Å². The number of hydrogen-bond donors (Lipinski definition) is 1. The molecule has 0 aromatic rings. The van der Waals surface area contributed by atoms with Crippen molar-refractivity contribution in [1.82, 2.24) is 0 Å². The molecule has 0 heterocycles. The Morgan fingerprint density at radius 1 is 1.00 bits per heavy atom. The van der Waals surface area contributed by atoms with Gasteiger partial charge in [0.25, 0.3) is 0 Å². The van der Waals surface area contributed by atoms with Gasteiger partial charge in [0, 0.05) is 0 Å². The highest BCUT2D eigenvalue weighted by atomic mass is 28.3. The third kappa shape index (κ3) is 4.60. The van der Waals surface area contributed by atoms with Crippen LogP contribution < -0.4 is 0 Å². The molecule has 1 nitrogen and oxygen atoms in total. The Morgan fingerprint density at radius 3 is 1.86 bits per heavy atom. The molecule has 2 heteroatoms. The van der Waals surface area contributed by atoms with Gasteiger partial charge in [-0.15, -0.1) is 0 Å². The Hall–Kier alpha value is 0.177. The summed E-state index contributed by atoms with van der Waals surface area (Å²) >= 11 is 0. The Balaban J connectivity index is 3.82. The number of hydrogen-bond acceptors (Lipinski definition) is 1. The maximum absolute atomic E-state index is 9.49. The summed E-state index contributed by atoms with van der Waals surface area (Å²) in [7, 11) is -0.908. The molecule has 1 unspecified atom stereocenters. The second kappa shape index (κ2) is 7.47. The van der Waals surface area contributed by atoms with E-state index in [-0.39, 0.29) is 6.10 Å². The summed E-state index contributed by atoms with van der Waals surface area (Å²) in [5.74, 6) is 0. The van der Waals surface area contributed by atoms with Gasteiger partial charge in [0.1, 0.15) is 0 Å². The third-order valence-electron chi connectivity index (χ3n) is 3.97. The summed E-state index contributed by atoms with van der Waals surface area (Å²) in [6.07, 6.45) is 3.13. The minimum Gasteiger partial charge on any atom is -0.393 e. The van der Waals surface area contributed by atoms with E-state index in [0.717, 1.165) is 12.8 Å². The fraction of sp³-hybridized carbons (Fsp3) is 1.00. The number of rotatable bonds is 8. The summed E-state index contributed by atoms with van der Waals surface area (Å²) in [6.45, 7) is 9.13. The van der Waals surface area contributed by atoms with Crippen LogP contribution in [0.1, 0.15) is 47.0 Å². The molecule has 1 atom stereocenters. The first-order valence-corrected chi connectivity index (χ1v) is 9.15. The van der Waals surface area contributed by atoms with Crippen LogP contribution in [0.4, 0.5) is 0 Å². The van der Waals surface area contributed by atoms with Crippen molar-refractivity contribution in [2.45, 2.75) is 77.2 Å². The van der Waals surface area contributed by atoms with Crippen LogP contribution in [0.3, 0.4) is 0 Å². The lowest BCUT2D eigenvalue weighted by atomic mass is 10.2. The zero-order valence-corrected chi connectivity index (χ0v) is 11.5. The predicted molar refractivity (Wildman–Crippen MR) is 67.5 cm³/mol. The molecule has 0 fully saturated rings. The van der Waals surface area contributed by atoms with Crippen LogP contribution in [-0.4, -0.2) is 19.3 Å². The molecule has 1 N–H and O–H groups in total. The topological polar surface area (TPSA) is 20.2 Å². The van der Waals surface area contributed by atoms with Crippen molar-refractivity contribution in [3.05, 3.63) is 0 Å². The average molecular weight is 216 g/mol. The molecular formula is C12H28OSi. The molecule has 0 saturated heterocycles. The highest BCUT2D eigenvalue weighted by Crippen LogP contribution is 2.27. The van der Waals surface area contributed by atoms with Gasteiger partial charge < -0.3 is 5.11 Å². The molecule has 0 saturated carbocycles. The molecule has 0 bridgehead atoms. The molecule has 0 aromatic carbocycles. The Kier molecular flexibility index (Phi) is 7.56. The number of aliphatic hydroxyl groups is 1. The highest BCUT2D eigenvalue weighted by molar-refractivity contribution is 6.79. The van der Waals surface area contributed by atoms with E-state index in [1.54, 1.807) is 0 Å². The molecule has 0 aliphatic rings. The van der Waals surface area contributed by atoms with Gasteiger partial charge in [0.05, 0.1) is 14.2 Å². The second-order valence-electron chi connectivity index (χ2n) is 4.51. The molecule has 0 radical (unpaired) electrons. The van der Waals surface area contributed by atoms with Gasteiger partial charge in [0.2, 0.25) is 0 Å². The summed E-state index contributed by atoms with van der Waals surface area (Å²) in [4.78, 5) is 0. The first-order chi connectivity index (χ1) is 6.64. The lowest BCUT2D eigenvalue weighted by Crippen LogP contribution is -2.31. The molecule has 0 spiro atoms. The van der Waals surface area contributed by atoms with E-state index >= 15 is 0 Å². The monoisotopic (exact) mass is 216 g/mol. The van der Waals surface area contributed by atoms with Gasteiger partial charge in [0.15, 0.2) is 0 Å². The standard InChI is InChI=1S/C12H28OSi/c1-5-12(13)10-9-11-14(6-2,7-3)8-4/h12-13H,5-11H2,1-4H3. The van der Waals surface area contributed by atoms with E-state index < -0.39 is 8.07 Å². The van der Waals surface area contributed by atoms with Crippen LogP contribution >= 0.6 is 0 Å². The van der Waals surface area contributed by atoms with E-state index in [0.29, 0.717) is 0 Å². The van der Waals surface area contributed by atoms with Crippen LogP contribution in [0.15, 0.2) is 0 Å². The normalized spacial score (nSPS) is 14.4. The van der Waals surface area contributed by atoms with Crippen molar-refractivity contribution in [2.24, 2.45) is 0 Å². The lowest BCUT2D eigenvalue weighted by molar-refractivity contribution is 0.159. The van der Waals surface area contributed by atoms with E-state index in [9.17, 15) is 5.11 Å². The minimum absolute atomic E-state index is 0.0488. The zero-order valence-electron chi connectivity index (χ0n) is 10.5. The molecule has 0 aliphatic heterocycles. The second-order valence-corrected chi connectivity index (χ2v) is 10.1. The van der Waals surface area contributed by atoms with Crippen molar-refractivity contribution < 1.29 is 5.11 Å². The molecule has 0 aliphatic carbocycles. The van der Waals surface area contributed by atoms with Crippen molar-refractivity contribution in [3.63, 3.8) is 0 Å². The number of aliphatic hydroxyl groups excluding tert-OH is 1. The SMILES string of the molecule is CCC(O)CCC[Si](CC)(CC)CC. The molecule has 0 aromatic heterocycles. The highest BCUT2D eigenvalue weighted by Gasteiger charge is 2.25. The lowest BCUT2D eigenvalue weighted by Gasteiger charge is -2.28. The molecule has 14 heavy (non-hydrogen) atoms. The molecule has 0 rings (SSSR count). The van der Waals surface area contributed by atoms with Crippen molar-refractivity contribution in [3.8, 4) is 0 Å². The van der Waals surface area contributed by atoms with Crippen molar-refractivity contribution in [1.29, 1.82) is 0 Å². The summed E-state index contributed by atoms with van der Waals surface area (Å²) in [5.41, 5.74) is 0. The van der Waals surface area contributed by atoms with E-state index in [1.807, 2.05) is 0 Å². The van der Waals surface area contributed by atoms with Gasteiger partial charge in [-0.1, -0.05) is 58.3 Å². The van der Waals surface area contributed by atoms with Crippen LogP contribution in [0.5, 0.6) is 0 Å². The summed E-state index contributed by atoms with van der Waals surface area (Å²) < 4.78 is 0. The summed E-state index contributed by atoms with van der Waals surface area (Å²) in [5, 5.41) is 9.49. The van der Waals surface area contributed by atoms with E-state index in [2.05, 4.69) is 27.7 Å².